The predicted octanol–water partition coefficient (Wildman–Crippen LogP) is 4.77. The first kappa shape index (κ1) is 14.2. The molecule has 19 heavy (non-hydrogen) atoms. The highest BCUT2D eigenvalue weighted by molar-refractivity contribution is 6.42. The summed E-state index contributed by atoms with van der Waals surface area (Å²) in [6.45, 7) is 4.98. The van der Waals surface area contributed by atoms with E-state index < -0.39 is 0 Å². The number of halogens is 2. The second-order valence-electron chi connectivity index (χ2n) is 4.53. The van der Waals surface area contributed by atoms with Crippen molar-refractivity contribution in [1.82, 2.24) is 9.78 Å². The maximum atomic E-state index is 5.97. The van der Waals surface area contributed by atoms with Crippen molar-refractivity contribution in [2.45, 2.75) is 32.9 Å². The van der Waals surface area contributed by atoms with Gasteiger partial charge in [0.1, 0.15) is 0 Å². The Labute approximate surface area is 123 Å². The monoisotopic (exact) mass is 297 g/mol. The number of anilines is 1. The van der Waals surface area contributed by atoms with Crippen LogP contribution >= 0.6 is 23.2 Å². The molecule has 0 amide bonds. The van der Waals surface area contributed by atoms with E-state index in [0.717, 1.165) is 17.8 Å². The van der Waals surface area contributed by atoms with Gasteiger partial charge in [-0.1, -0.05) is 30.1 Å². The van der Waals surface area contributed by atoms with E-state index in [-0.39, 0.29) is 0 Å². The molecule has 0 saturated carbocycles. The summed E-state index contributed by atoms with van der Waals surface area (Å²) >= 11 is 11.8. The molecule has 1 aromatic heterocycles. The minimum absolute atomic E-state index is 0.429. The predicted molar refractivity (Wildman–Crippen MR) is 81.0 cm³/mol. The summed E-state index contributed by atoms with van der Waals surface area (Å²) in [6, 6.07) is 7.95. The van der Waals surface area contributed by atoms with E-state index in [9.17, 15) is 0 Å². The molecule has 1 aromatic carbocycles. The lowest BCUT2D eigenvalue weighted by Crippen LogP contribution is -2.06. The number of nitrogens with one attached hydrogen (secondary N) is 1. The molecular weight excluding hydrogens is 281 g/mol. The lowest BCUT2D eigenvalue weighted by Gasteiger charge is -2.09. The van der Waals surface area contributed by atoms with Crippen molar-refractivity contribution in [3.05, 3.63) is 46.2 Å². The molecule has 0 aliphatic heterocycles. The molecule has 2 rings (SSSR count). The molecule has 0 aliphatic carbocycles. The van der Waals surface area contributed by atoms with Crippen molar-refractivity contribution in [3.63, 3.8) is 0 Å². The molecule has 0 spiro atoms. The average molecular weight is 298 g/mol. The van der Waals surface area contributed by atoms with Crippen molar-refractivity contribution in [1.29, 1.82) is 0 Å². The van der Waals surface area contributed by atoms with Gasteiger partial charge in [-0.3, -0.25) is 4.68 Å². The number of hydrogen-bond acceptors (Lipinski definition) is 2. The van der Waals surface area contributed by atoms with Gasteiger partial charge in [-0.2, -0.15) is 5.10 Å². The highest BCUT2D eigenvalue weighted by atomic mass is 35.5. The molecule has 102 valence electrons. The molecule has 0 aliphatic rings. The molecular formula is C14H17Cl2N3. The van der Waals surface area contributed by atoms with Crippen LogP contribution in [0.3, 0.4) is 0 Å². The molecule has 1 unspecified atom stereocenters. The molecule has 1 N–H and O–H groups in total. The third-order valence-corrected chi connectivity index (χ3v) is 3.84. The largest absolute Gasteiger partial charge is 0.379 e. The molecule has 0 bridgehead atoms. The fourth-order valence-corrected chi connectivity index (χ4v) is 2.00. The van der Waals surface area contributed by atoms with Gasteiger partial charge in [-0.25, -0.2) is 0 Å². The number of nitrogens with zero attached hydrogens (tertiary/aromatic N) is 2. The maximum absolute atomic E-state index is 5.97. The van der Waals surface area contributed by atoms with Crippen LogP contribution in [0.25, 0.3) is 0 Å². The van der Waals surface area contributed by atoms with Crippen molar-refractivity contribution >= 4 is 28.9 Å². The van der Waals surface area contributed by atoms with Crippen molar-refractivity contribution < 1.29 is 0 Å². The summed E-state index contributed by atoms with van der Waals surface area (Å²) in [4.78, 5) is 0. The third kappa shape index (κ3) is 3.64. The molecule has 2 aromatic rings. The van der Waals surface area contributed by atoms with E-state index in [4.69, 9.17) is 23.2 Å². The van der Waals surface area contributed by atoms with E-state index in [2.05, 4.69) is 24.3 Å². The van der Waals surface area contributed by atoms with Gasteiger partial charge in [0.15, 0.2) is 0 Å². The zero-order valence-corrected chi connectivity index (χ0v) is 12.5. The van der Waals surface area contributed by atoms with Gasteiger partial charge in [-0.15, -0.1) is 0 Å². The Bertz CT molecular complexity index is 551. The zero-order valence-electron chi connectivity index (χ0n) is 11.0. The van der Waals surface area contributed by atoms with E-state index in [1.54, 1.807) is 6.07 Å². The van der Waals surface area contributed by atoms with Crippen molar-refractivity contribution in [2.24, 2.45) is 0 Å². The summed E-state index contributed by atoms with van der Waals surface area (Å²) < 4.78 is 1.99. The Balaban J connectivity index is 1.98. The van der Waals surface area contributed by atoms with Crippen LogP contribution in [0.5, 0.6) is 0 Å². The second kappa shape index (κ2) is 6.31. The van der Waals surface area contributed by atoms with Crippen LogP contribution in [0, 0.1) is 0 Å². The minimum atomic E-state index is 0.429. The number of benzene rings is 1. The van der Waals surface area contributed by atoms with Crippen LogP contribution in [-0.2, 0) is 6.54 Å². The van der Waals surface area contributed by atoms with Crippen LogP contribution < -0.4 is 5.32 Å². The van der Waals surface area contributed by atoms with Crippen molar-refractivity contribution in [3.8, 4) is 0 Å². The fraction of sp³-hybridized carbons (Fsp3) is 0.357. The van der Waals surface area contributed by atoms with E-state index >= 15 is 0 Å². The molecule has 0 fully saturated rings. The van der Waals surface area contributed by atoms with Gasteiger partial charge >= 0.3 is 0 Å². The molecule has 1 atom stereocenters. The first-order chi connectivity index (χ1) is 9.10. The van der Waals surface area contributed by atoms with Gasteiger partial charge in [0.05, 0.1) is 22.3 Å². The summed E-state index contributed by atoms with van der Waals surface area (Å²) in [5.74, 6) is 0. The smallest absolute Gasteiger partial charge is 0.0815 e. The van der Waals surface area contributed by atoms with Gasteiger partial charge in [-0.05, 0) is 37.6 Å². The number of rotatable bonds is 5. The van der Waals surface area contributed by atoms with Crippen molar-refractivity contribution in [2.75, 3.05) is 5.32 Å². The molecule has 5 heteroatoms. The summed E-state index contributed by atoms with van der Waals surface area (Å²) in [5, 5.41) is 8.93. The first-order valence-corrected chi connectivity index (χ1v) is 7.08. The van der Waals surface area contributed by atoms with E-state index in [0.29, 0.717) is 22.6 Å². The van der Waals surface area contributed by atoms with Crippen LogP contribution in [0.15, 0.2) is 30.5 Å². The van der Waals surface area contributed by atoms with Gasteiger partial charge in [0.25, 0.3) is 0 Å². The summed E-state index contributed by atoms with van der Waals surface area (Å²) in [5.41, 5.74) is 1.94. The third-order valence-electron chi connectivity index (χ3n) is 3.10. The molecule has 0 saturated heterocycles. The molecule has 3 nitrogen and oxygen atoms in total. The molecule has 1 heterocycles. The lowest BCUT2D eigenvalue weighted by atomic mass is 10.3. The van der Waals surface area contributed by atoms with Crippen LogP contribution in [-0.4, -0.2) is 9.78 Å². The van der Waals surface area contributed by atoms with E-state index in [1.807, 2.05) is 29.1 Å². The summed E-state index contributed by atoms with van der Waals surface area (Å²) in [7, 11) is 0. The SMILES string of the molecule is CCC(C)n1ccc(CNc2ccc(Cl)c(Cl)c2)n1. The Morgan fingerprint density at radius 2 is 2.05 bits per heavy atom. The molecule has 0 radical (unpaired) electrons. The Kier molecular flexibility index (Phi) is 4.72. The second-order valence-corrected chi connectivity index (χ2v) is 5.34. The number of aromatic nitrogens is 2. The lowest BCUT2D eigenvalue weighted by molar-refractivity contribution is 0.474. The Morgan fingerprint density at radius 1 is 1.26 bits per heavy atom. The van der Waals surface area contributed by atoms with Crippen LogP contribution in [0.2, 0.25) is 10.0 Å². The standard InChI is InChI=1S/C14H17Cl2N3/c1-3-10(2)19-7-6-12(18-19)9-17-11-4-5-13(15)14(16)8-11/h4-8,10,17H,3,9H2,1-2H3. The minimum Gasteiger partial charge on any atom is -0.379 e. The first-order valence-electron chi connectivity index (χ1n) is 6.33. The fourth-order valence-electron chi connectivity index (χ4n) is 1.70. The van der Waals surface area contributed by atoms with Crippen LogP contribution in [0.4, 0.5) is 5.69 Å². The van der Waals surface area contributed by atoms with E-state index in [1.165, 1.54) is 0 Å². The van der Waals surface area contributed by atoms with Gasteiger partial charge in [0, 0.05) is 17.9 Å². The Morgan fingerprint density at radius 3 is 2.74 bits per heavy atom. The van der Waals surface area contributed by atoms with Crippen LogP contribution in [0.1, 0.15) is 32.0 Å². The maximum Gasteiger partial charge on any atom is 0.0815 e. The quantitative estimate of drug-likeness (QED) is 0.861. The Hall–Kier alpha value is -1.19. The normalized spacial score (nSPS) is 12.4. The zero-order chi connectivity index (χ0) is 13.8. The topological polar surface area (TPSA) is 29.9 Å². The van der Waals surface area contributed by atoms with Gasteiger partial charge in [0.2, 0.25) is 0 Å². The van der Waals surface area contributed by atoms with Gasteiger partial charge < -0.3 is 5.32 Å². The number of hydrogen-bond donors (Lipinski definition) is 1. The summed E-state index contributed by atoms with van der Waals surface area (Å²) in [6.07, 6.45) is 3.08. The highest BCUT2D eigenvalue weighted by Crippen LogP contribution is 2.25. The highest BCUT2D eigenvalue weighted by Gasteiger charge is 2.05. The average Bonchev–Trinajstić information content (AvgIpc) is 2.88.